The van der Waals surface area contributed by atoms with Crippen LogP contribution in [0.1, 0.15) is 46.5 Å². The van der Waals surface area contributed by atoms with Crippen LogP contribution in [0.3, 0.4) is 0 Å². The highest BCUT2D eigenvalue weighted by atomic mass is 16.5. The molecule has 1 aliphatic rings. The van der Waals surface area contributed by atoms with Crippen LogP contribution >= 0.6 is 0 Å². The third-order valence-corrected chi connectivity index (χ3v) is 4.33. The van der Waals surface area contributed by atoms with E-state index in [-0.39, 0.29) is 6.04 Å². The molecule has 0 aromatic heterocycles. The lowest BCUT2D eigenvalue weighted by atomic mass is 9.86. The molecule has 0 heterocycles. The zero-order valence-corrected chi connectivity index (χ0v) is 14.8. The van der Waals surface area contributed by atoms with Crippen LogP contribution in [0.25, 0.3) is 0 Å². The van der Waals surface area contributed by atoms with Crippen LogP contribution in [-0.4, -0.2) is 24.5 Å². The summed E-state index contributed by atoms with van der Waals surface area (Å²) in [5, 5.41) is 5.49. The summed E-state index contributed by atoms with van der Waals surface area (Å²) in [6.07, 6.45) is 4.35. The zero-order chi connectivity index (χ0) is 17.5. The van der Waals surface area contributed by atoms with E-state index >= 15 is 0 Å². The number of hydrogen-bond acceptors (Lipinski definition) is 3. The van der Waals surface area contributed by atoms with Crippen molar-refractivity contribution in [2.75, 3.05) is 11.9 Å². The maximum Gasteiger partial charge on any atom is 0.313 e. The molecule has 2 amide bonds. The van der Waals surface area contributed by atoms with Crippen molar-refractivity contribution in [1.29, 1.82) is 0 Å². The van der Waals surface area contributed by atoms with Gasteiger partial charge in [-0.1, -0.05) is 33.6 Å². The highest BCUT2D eigenvalue weighted by Gasteiger charge is 2.25. The van der Waals surface area contributed by atoms with Crippen LogP contribution in [0.5, 0.6) is 5.75 Å². The quantitative estimate of drug-likeness (QED) is 0.813. The van der Waals surface area contributed by atoms with Crippen molar-refractivity contribution in [1.82, 2.24) is 5.32 Å². The first-order valence-corrected chi connectivity index (χ1v) is 8.80. The van der Waals surface area contributed by atoms with Crippen LogP contribution in [-0.2, 0) is 9.59 Å². The number of hydrogen-bond donors (Lipinski definition) is 2. The van der Waals surface area contributed by atoms with Gasteiger partial charge in [0.25, 0.3) is 0 Å². The van der Waals surface area contributed by atoms with E-state index in [1.54, 1.807) is 24.3 Å². The molecule has 0 spiro atoms. The van der Waals surface area contributed by atoms with Gasteiger partial charge in [-0.3, -0.25) is 9.59 Å². The highest BCUT2D eigenvalue weighted by molar-refractivity contribution is 6.39. The van der Waals surface area contributed by atoms with Gasteiger partial charge in [-0.05, 0) is 48.9 Å². The Labute approximate surface area is 144 Å². The van der Waals surface area contributed by atoms with Gasteiger partial charge in [0.15, 0.2) is 0 Å². The number of ether oxygens (including phenoxy) is 1. The fraction of sp³-hybridized carbons (Fsp3) is 0.579. The van der Waals surface area contributed by atoms with Gasteiger partial charge in [-0.15, -0.1) is 0 Å². The molecule has 1 aromatic carbocycles. The molecule has 0 saturated heterocycles. The molecule has 1 aromatic rings. The maximum absolute atomic E-state index is 12.1. The summed E-state index contributed by atoms with van der Waals surface area (Å²) >= 11 is 0. The molecule has 0 bridgehead atoms. The normalized spacial score (nSPS) is 20.5. The topological polar surface area (TPSA) is 67.4 Å². The molecule has 1 aliphatic carbocycles. The fourth-order valence-electron chi connectivity index (χ4n) is 2.85. The second kappa shape index (κ2) is 8.71. The fourth-order valence-corrected chi connectivity index (χ4v) is 2.85. The SMILES string of the molecule is CC(C)COc1ccc(NC(=O)C(=O)N[C@H]2CCCC[C@H]2C)cc1. The van der Waals surface area contributed by atoms with E-state index < -0.39 is 11.8 Å². The van der Waals surface area contributed by atoms with Crippen LogP contribution < -0.4 is 15.4 Å². The van der Waals surface area contributed by atoms with Gasteiger partial charge in [-0.2, -0.15) is 0 Å². The Morgan fingerprint density at radius 1 is 1.12 bits per heavy atom. The van der Waals surface area contributed by atoms with Gasteiger partial charge in [0.1, 0.15) is 5.75 Å². The Balaban J connectivity index is 1.83. The molecule has 2 atom stereocenters. The van der Waals surface area contributed by atoms with Crippen molar-refractivity contribution in [2.24, 2.45) is 11.8 Å². The van der Waals surface area contributed by atoms with Gasteiger partial charge >= 0.3 is 11.8 Å². The summed E-state index contributed by atoms with van der Waals surface area (Å²) in [6, 6.07) is 7.16. The minimum atomic E-state index is -0.622. The summed E-state index contributed by atoms with van der Waals surface area (Å²) in [5.74, 6) is 0.447. The zero-order valence-electron chi connectivity index (χ0n) is 14.8. The molecule has 1 saturated carbocycles. The number of carbonyl (C=O) groups is 2. The van der Waals surface area contributed by atoms with Crippen LogP contribution in [0, 0.1) is 11.8 Å². The first kappa shape index (κ1) is 18.3. The molecule has 5 nitrogen and oxygen atoms in total. The minimum Gasteiger partial charge on any atom is -0.493 e. The van der Waals surface area contributed by atoms with E-state index in [1.807, 2.05) is 0 Å². The van der Waals surface area contributed by atoms with Crippen molar-refractivity contribution in [3.05, 3.63) is 24.3 Å². The Morgan fingerprint density at radius 3 is 2.42 bits per heavy atom. The molecular weight excluding hydrogens is 304 g/mol. The van der Waals surface area contributed by atoms with Gasteiger partial charge in [0.2, 0.25) is 0 Å². The van der Waals surface area contributed by atoms with E-state index in [0.29, 0.717) is 24.1 Å². The molecular formula is C19H28N2O3. The lowest BCUT2D eigenvalue weighted by molar-refractivity contribution is -0.137. The largest absolute Gasteiger partial charge is 0.493 e. The number of carbonyl (C=O) groups excluding carboxylic acids is 2. The molecule has 24 heavy (non-hydrogen) atoms. The summed E-state index contributed by atoms with van der Waals surface area (Å²) in [4.78, 5) is 24.1. The molecule has 1 fully saturated rings. The Bertz CT molecular complexity index is 554. The van der Waals surface area contributed by atoms with E-state index in [0.717, 1.165) is 25.0 Å². The van der Waals surface area contributed by atoms with Gasteiger partial charge < -0.3 is 15.4 Å². The average molecular weight is 332 g/mol. The number of amides is 2. The molecule has 0 radical (unpaired) electrons. The van der Waals surface area contributed by atoms with Gasteiger partial charge in [0.05, 0.1) is 6.61 Å². The molecule has 2 rings (SSSR count). The van der Waals surface area contributed by atoms with E-state index in [4.69, 9.17) is 4.74 Å². The number of rotatable bonds is 5. The van der Waals surface area contributed by atoms with Gasteiger partial charge in [0, 0.05) is 11.7 Å². The van der Waals surface area contributed by atoms with Crippen molar-refractivity contribution in [2.45, 2.75) is 52.5 Å². The molecule has 132 valence electrons. The number of anilines is 1. The summed E-state index contributed by atoms with van der Waals surface area (Å²) in [5.41, 5.74) is 0.587. The van der Waals surface area contributed by atoms with E-state index in [2.05, 4.69) is 31.4 Å². The molecule has 5 heteroatoms. The highest BCUT2D eigenvalue weighted by Crippen LogP contribution is 2.23. The predicted molar refractivity (Wildman–Crippen MR) is 95.0 cm³/mol. The van der Waals surface area contributed by atoms with E-state index in [1.165, 1.54) is 6.42 Å². The second-order valence-corrected chi connectivity index (χ2v) is 7.03. The summed E-state index contributed by atoms with van der Waals surface area (Å²) in [6.45, 7) is 6.94. The Kier molecular flexibility index (Phi) is 6.64. The van der Waals surface area contributed by atoms with Crippen LogP contribution in [0.4, 0.5) is 5.69 Å². The number of benzene rings is 1. The standard InChI is InChI=1S/C19H28N2O3/c1-13(2)12-24-16-10-8-15(9-11-16)20-18(22)19(23)21-17-7-5-4-6-14(17)3/h8-11,13-14,17H,4-7,12H2,1-3H3,(H,20,22)(H,21,23)/t14-,17+/m1/s1. The second-order valence-electron chi connectivity index (χ2n) is 7.03. The molecule has 2 N–H and O–H groups in total. The van der Waals surface area contributed by atoms with Crippen molar-refractivity contribution >= 4 is 17.5 Å². The van der Waals surface area contributed by atoms with Crippen LogP contribution in [0.2, 0.25) is 0 Å². The van der Waals surface area contributed by atoms with Crippen molar-refractivity contribution in [3.8, 4) is 5.75 Å². The first-order chi connectivity index (χ1) is 11.5. The van der Waals surface area contributed by atoms with Gasteiger partial charge in [-0.25, -0.2) is 0 Å². The molecule has 0 unspecified atom stereocenters. The van der Waals surface area contributed by atoms with Crippen LogP contribution in [0.15, 0.2) is 24.3 Å². The lowest BCUT2D eigenvalue weighted by Crippen LogP contribution is -2.45. The first-order valence-electron chi connectivity index (χ1n) is 8.80. The predicted octanol–water partition coefficient (Wildman–Crippen LogP) is 3.35. The molecule has 0 aliphatic heterocycles. The van der Waals surface area contributed by atoms with Crippen molar-refractivity contribution < 1.29 is 14.3 Å². The third kappa shape index (κ3) is 5.55. The monoisotopic (exact) mass is 332 g/mol. The summed E-state index contributed by atoms with van der Waals surface area (Å²) in [7, 11) is 0. The minimum absolute atomic E-state index is 0.101. The Morgan fingerprint density at radius 2 is 1.79 bits per heavy atom. The Hall–Kier alpha value is -2.04. The number of nitrogens with one attached hydrogen (secondary N) is 2. The maximum atomic E-state index is 12.1. The summed E-state index contributed by atoms with van der Waals surface area (Å²) < 4.78 is 5.60. The lowest BCUT2D eigenvalue weighted by Gasteiger charge is -2.29. The third-order valence-electron chi connectivity index (χ3n) is 4.33. The average Bonchev–Trinajstić information content (AvgIpc) is 2.56. The van der Waals surface area contributed by atoms with E-state index in [9.17, 15) is 9.59 Å². The smallest absolute Gasteiger partial charge is 0.313 e. The van der Waals surface area contributed by atoms with Crippen molar-refractivity contribution in [3.63, 3.8) is 0 Å².